The Kier molecular flexibility index (Phi) is 8.42. The number of benzene rings is 2. The van der Waals surface area contributed by atoms with Gasteiger partial charge in [0.2, 0.25) is 5.91 Å². The minimum atomic E-state index is -0.635. The molecule has 0 unspecified atom stereocenters. The van der Waals surface area contributed by atoms with Gasteiger partial charge in [0, 0.05) is 6.54 Å². The molecule has 3 rings (SSSR count). The minimum Gasteiger partial charge on any atom is -0.497 e. The molecule has 1 heterocycles. The molecule has 172 valence electrons. The van der Waals surface area contributed by atoms with Gasteiger partial charge in [-0.25, -0.2) is 9.18 Å². The maximum absolute atomic E-state index is 14.6. The monoisotopic (exact) mass is 471 g/mol. The van der Waals surface area contributed by atoms with Gasteiger partial charge < -0.3 is 14.8 Å². The highest BCUT2D eigenvalue weighted by Gasteiger charge is 2.19. The van der Waals surface area contributed by atoms with E-state index in [-0.39, 0.29) is 29.7 Å². The highest BCUT2D eigenvalue weighted by molar-refractivity contribution is 7.99. The Labute approximate surface area is 194 Å². The van der Waals surface area contributed by atoms with Crippen LogP contribution in [0.5, 0.6) is 11.5 Å². The van der Waals surface area contributed by atoms with E-state index >= 15 is 0 Å². The van der Waals surface area contributed by atoms with Gasteiger partial charge in [-0.3, -0.25) is 14.7 Å². The molecular formula is C22H22FN5O4S. The molecule has 11 heteroatoms. The molecule has 0 saturated heterocycles. The summed E-state index contributed by atoms with van der Waals surface area (Å²) in [6.07, 6.45) is 1.49. The number of nitrogens with one attached hydrogen (secondary N) is 2. The van der Waals surface area contributed by atoms with E-state index in [0.717, 1.165) is 11.8 Å². The quantitative estimate of drug-likeness (QED) is 0.346. The zero-order valence-corrected chi connectivity index (χ0v) is 18.6. The molecule has 0 bridgehead atoms. The van der Waals surface area contributed by atoms with Gasteiger partial charge in [-0.1, -0.05) is 30.0 Å². The Morgan fingerprint density at radius 3 is 2.58 bits per heavy atom. The Bertz CT molecular complexity index is 1120. The van der Waals surface area contributed by atoms with Crippen molar-refractivity contribution in [2.45, 2.75) is 11.8 Å². The predicted octanol–water partition coefficient (Wildman–Crippen LogP) is 3.10. The molecule has 2 N–H and O–H groups in total. The SMILES string of the molecule is C=CCNC(=O)NC(=O)CSc1nnc(COc2ccc(OC)cc2)n1-c1ccccc1F. The van der Waals surface area contributed by atoms with Crippen molar-refractivity contribution in [1.82, 2.24) is 25.4 Å². The first kappa shape index (κ1) is 23.8. The molecule has 0 atom stereocenters. The molecule has 0 spiro atoms. The van der Waals surface area contributed by atoms with Crippen LogP contribution >= 0.6 is 11.8 Å². The lowest BCUT2D eigenvalue weighted by molar-refractivity contribution is -0.117. The lowest BCUT2D eigenvalue weighted by Crippen LogP contribution is -2.40. The number of halogens is 1. The lowest BCUT2D eigenvalue weighted by Gasteiger charge is -2.12. The number of hydrogen-bond acceptors (Lipinski definition) is 7. The Balaban J connectivity index is 1.75. The van der Waals surface area contributed by atoms with E-state index < -0.39 is 17.8 Å². The Hall–Kier alpha value is -3.86. The highest BCUT2D eigenvalue weighted by Crippen LogP contribution is 2.25. The fourth-order valence-electron chi connectivity index (χ4n) is 2.68. The van der Waals surface area contributed by atoms with Crippen LogP contribution in [0.2, 0.25) is 0 Å². The summed E-state index contributed by atoms with van der Waals surface area (Å²) < 4.78 is 26.9. The summed E-state index contributed by atoms with van der Waals surface area (Å²) in [6.45, 7) is 3.71. The van der Waals surface area contributed by atoms with Gasteiger partial charge in [0.05, 0.1) is 18.6 Å². The predicted molar refractivity (Wildman–Crippen MR) is 121 cm³/mol. The van der Waals surface area contributed by atoms with E-state index in [9.17, 15) is 14.0 Å². The van der Waals surface area contributed by atoms with Crippen LogP contribution in [0.25, 0.3) is 5.69 Å². The zero-order chi connectivity index (χ0) is 23.6. The molecular weight excluding hydrogens is 449 g/mol. The third kappa shape index (κ3) is 6.56. The van der Waals surface area contributed by atoms with E-state index in [0.29, 0.717) is 17.3 Å². The minimum absolute atomic E-state index is 0.00434. The summed E-state index contributed by atoms with van der Waals surface area (Å²) in [7, 11) is 1.57. The number of methoxy groups -OCH3 is 1. The molecule has 2 aromatic carbocycles. The van der Waals surface area contributed by atoms with Crippen molar-refractivity contribution in [1.29, 1.82) is 0 Å². The molecule has 3 amide bonds. The van der Waals surface area contributed by atoms with E-state index in [4.69, 9.17) is 9.47 Å². The average molecular weight is 472 g/mol. The number of imide groups is 1. The van der Waals surface area contributed by atoms with Crippen molar-refractivity contribution in [2.24, 2.45) is 0 Å². The van der Waals surface area contributed by atoms with Crippen LogP contribution in [0.15, 0.2) is 66.3 Å². The van der Waals surface area contributed by atoms with Gasteiger partial charge >= 0.3 is 6.03 Å². The number of aromatic nitrogens is 3. The van der Waals surface area contributed by atoms with Crippen molar-refractivity contribution in [3.05, 3.63) is 72.8 Å². The fourth-order valence-corrected chi connectivity index (χ4v) is 3.45. The molecule has 1 aromatic heterocycles. The first-order valence-corrected chi connectivity index (χ1v) is 10.8. The number of ether oxygens (including phenoxy) is 2. The van der Waals surface area contributed by atoms with Crippen molar-refractivity contribution < 1.29 is 23.5 Å². The van der Waals surface area contributed by atoms with Gasteiger partial charge in [-0.2, -0.15) is 0 Å². The maximum Gasteiger partial charge on any atom is 0.321 e. The van der Waals surface area contributed by atoms with Crippen LogP contribution in [-0.2, 0) is 11.4 Å². The molecule has 0 radical (unpaired) electrons. The maximum atomic E-state index is 14.6. The molecule has 33 heavy (non-hydrogen) atoms. The van der Waals surface area contributed by atoms with Gasteiger partial charge in [0.25, 0.3) is 0 Å². The number of hydrogen-bond donors (Lipinski definition) is 2. The Morgan fingerprint density at radius 1 is 1.15 bits per heavy atom. The van der Waals surface area contributed by atoms with Crippen LogP contribution in [0, 0.1) is 5.82 Å². The molecule has 0 aliphatic heterocycles. The van der Waals surface area contributed by atoms with Crippen LogP contribution in [0.3, 0.4) is 0 Å². The zero-order valence-electron chi connectivity index (χ0n) is 17.8. The van der Waals surface area contributed by atoms with E-state index in [2.05, 4.69) is 27.4 Å². The number of para-hydroxylation sites is 1. The normalized spacial score (nSPS) is 10.4. The standard InChI is InChI=1S/C22H22FN5O4S/c1-3-12-24-21(30)25-20(29)14-33-22-27-26-19(28(22)18-7-5-4-6-17(18)23)13-32-16-10-8-15(31-2)9-11-16/h3-11H,1,12-14H2,2H3,(H2,24,25,29,30). The van der Waals surface area contributed by atoms with Crippen LogP contribution in [0.4, 0.5) is 9.18 Å². The first-order valence-electron chi connectivity index (χ1n) is 9.79. The molecule has 0 saturated carbocycles. The number of carbonyl (C=O) groups excluding carboxylic acids is 2. The second-order valence-corrected chi connectivity index (χ2v) is 7.43. The third-order valence-corrected chi connectivity index (χ3v) is 5.14. The van der Waals surface area contributed by atoms with Crippen molar-refractivity contribution in [2.75, 3.05) is 19.4 Å². The second-order valence-electron chi connectivity index (χ2n) is 6.49. The molecule has 0 aliphatic rings. The third-order valence-electron chi connectivity index (χ3n) is 4.21. The summed E-state index contributed by atoms with van der Waals surface area (Å²) >= 11 is 1.01. The average Bonchev–Trinajstić information content (AvgIpc) is 3.23. The number of urea groups is 1. The first-order chi connectivity index (χ1) is 16.0. The summed E-state index contributed by atoms with van der Waals surface area (Å²) in [5.41, 5.74) is 0.211. The van der Waals surface area contributed by atoms with E-state index in [1.807, 2.05) is 0 Å². The molecule has 0 aliphatic carbocycles. The summed E-state index contributed by atoms with van der Waals surface area (Å²) in [5, 5.41) is 13.1. The summed E-state index contributed by atoms with van der Waals surface area (Å²) in [6, 6.07) is 12.5. The topological polar surface area (TPSA) is 107 Å². The Morgan fingerprint density at radius 2 is 1.88 bits per heavy atom. The summed E-state index contributed by atoms with van der Waals surface area (Å²) in [4.78, 5) is 23.7. The second kappa shape index (κ2) is 11.7. The number of thioether (sulfide) groups is 1. The number of nitrogens with zero attached hydrogens (tertiary/aromatic N) is 3. The van der Waals surface area contributed by atoms with Crippen LogP contribution in [0.1, 0.15) is 5.82 Å². The fraction of sp³-hybridized carbons (Fsp3) is 0.182. The summed E-state index contributed by atoms with van der Waals surface area (Å²) in [5.74, 6) is 0.430. The number of rotatable bonds is 10. The smallest absolute Gasteiger partial charge is 0.321 e. The van der Waals surface area contributed by atoms with Crippen molar-refractivity contribution >= 4 is 23.7 Å². The van der Waals surface area contributed by atoms with E-state index in [1.54, 1.807) is 49.6 Å². The van der Waals surface area contributed by atoms with Crippen molar-refractivity contribution in [3.63, 3.8) is 0 Å². The molecule has 0 fully saturated rings. The lowest BCUT2D eigenvalue weighted by atomic mass is 10.3. The van der Waals surface area contributed by atoms with Gasteiger partial charge in [0.15, 0.2) is 11.0 Å². The largest absolute Gasteiger partial charge is 0.497 e. The molecule has 9 nitrogen and oxygen atoms in total. The van der Waals surface area contributed by atoms with E-state index in [1.165, 1.54) is 16.7 Å². The highest BCUT2D eigenvalue weighted by atomic mass is 32.2. The van der Waals surface area contributed by atoms with Gasteiger partial charge in [-0.15, -0.1) is 16.8 Å². The van der Waals surface area contributed by atoms with Gasteiger partial charge in [0.1, 0.15) is 23.9 Å². The molecule has 3 aromatic rings. The number of carbonyl (C=O) groups is 2. The van der Waals surface area contributed by atoms with Crippen LogP contribution in [-0.4, -0.2) is 46.1 Å². The van der Waals surface area contributed by atoms with Crippen molar-refractivity contribution in [3.8, 4) is 17.2 Å². The van der Waals surface area contributed by atoms with Gasteiger partial charge in [-0.05, 0) is 36.4 Å². The van der Waals surface area contributed by atoms with Crippen LogP contribution < -0.4 is 20.1 Å². The number of amides is 3.